The zero-order valence-corrected chi connectivity index (χ0v) is 20.3. The van der Waals surface area contributed by atoms with E-state index in [4.69, 9.17) is 0 Å². The molecule has 170 valence electrons. The maximum Gasteiger partial charge on any atom is 0.0782 e. The molecule has 0 radical (unpaired) electrons. The topological polar surface area (TPSA) is 23.8 Å². The number of allylic oxidation sites excluding steroid dienone is 2. The van der Waals surface area contributed by atoms with E-state index in [1.807, 2.05) is 0 Å². The van der Waals surface area contributed by atoms with Gasteiger partial charge in [0.2, 0.25) is 0 Å². The van der Waals surface area contributed by atoms with Gasteiger partial charge in [0, 0.05) is 0 Å². The van der Waals surface area contributed by atoms with Gasteiger partial charge in [0.1, 0.15) is 0 Å². The average Bonchev–Trinajstić information content (AvgIpc) is 2.80. The Morgan fingerprint density at radius 2 is 1.40 bits per heavy atom. The van der Waals surface area contributed by atoms with Crippen LogP contribution in [-0.2, 0) is 0 Å². The fourth-order valence-corrected chi connectivity index (χ4v) is 7.01. The second-order valence-electron chi connectivity index (χ2n) is 11.2. The maximum atomic E-state index is 10.2. The van der Waals surface area contributed by atoms with Crippen molar-refractivity contribution in [1.29, 1.82) is 5.26 Å². The van der Waals surface area contributed by atoms with Gasteiger partial charge < -0.3 is 0 Å². The lowest BCUT2D eigenvalue weighted by Gasteiger charge is -2.42. The Balaban J connectivity index is 1.44. The summed E-state index contributed by atoms with van der Waals surface area (Å²) in [6.07, 6.45) is 28.4. The molecular formula is C29H49N. The van der Waals surface area contributed by atoms with Crippen LogP contribution >= 0.6 is 0 Å². The van der Waals surface area contributed by atoms with E-state index in [0.29, 0.717) is 0 Å². The first-order valence-electron chi connectivity index (χ1n) is 13.8. The minimum Gasteiger partial charge on any atom is -0.197 e. The van der Waals surface area contributed by atoms with Crippen molar-refractivity contribution in [2.24, 2.45) is 29.1 Å². The van der Waals surface area contributed by atoms with Gasteiger partial charge in [-0.15, -0.1) is 0 Å². The van der Waals surface area contributed by atoms with Gasteiger partial charge in [-0.1, -0.05) is 89.7 Å². The van der Waals surface area contributed by atoms with E-state index in [1.54, 1.807) is 0 Å². The molecule has 0 aromatic carbocycles. The van der Waals surface area contributed by atoms with E-state index in [1.165, 1.54) is 115 Å². The van der Waals surface area contributed by atoms with Crippen LogP contribution in [0.1, 0.15) is 136 Å². The van der Waals surface area contributed by atoms with Gasteiger partial charge in [-0.3, -0.25) is 0 Å². The minimum absolute atomic E-state index is 0.0950. The molecule has 0 unspecified atom stereocenters. The fraction of sp³-hybridized carbons (Fsp3) is 0.897. The summed E-state index contributed by atoms with van der Waals surface area (Å²) in [4.78, 5) is 0. The van der Waals surface area contributed by atoms with Crippen molar-refractivity contribution >= 4 is 0 Å². The molecular weight excluding hydrogens is 362 g/mol. The first kappa shape index (κ1) is 23.9. The number of hydrogen-bond donors (Lipinski definition) is 0. The van der Waals surface area contributed by atoms with Crippen molar-refractivity contribution in [3.05, 3.63) is 11.6 Å². The van der Waals surface area contributed by atoms with Crippen LogP contribution in [0.15, 0.2) is 11.6 Å². The average molecular weight is 412 g/mol. The highest BCUT2D eigenvalue weighted by Crippen LogP contribution is 2.51. The Morgan fingerprint density at radius 1 is 0.800 bits per heavy atom. The Hall–Kier alpha value is -0.770. The van der Waals surface area contributed by atoms with Crippen LogP contribution in [0.25, 0.3) is 0 Å². The highest BCUT2D eigenvalue weighted by molar-refractivity contribution is 5.26. The maximum absolute atomic E-state index is 10.2. The van der Waals surface area contributed by atoms with E-state index in [2.05, 4.69) is 26.0 Å². The van der Waals surface area contributed by atoms with Crippen LogP contribution < -0.4 is 0 Å². The smallest absolute Gasteiger partial charge is 0.0782 e. The summed E-state index contributed by atoms with van der Waals surface area (Å²) in [7, 11) is 0. The molecule has 0 amide bonds. The molecule has 0 bridgehead atoms. The molecule has 0 aliphatic heterocycles. The molecule has 2 saturated carbocycles. The molecule has 1 atom stereocenters. The van der Waals surface area contributed by atoms with Gasteiger partial charge in [-0.25, -0.2) is 0 Å². The van der Waals surface area contributed by atoms with Crippen LogP contribution in [0.4, 0.5) is 0 Å². The molecule has 30 heavy (non-hydrogen) atoms. The first-order valence-corrected chi connectivity index (χ1v) is 13.8. The number of nitrogens with zero attached hydrogens (tertiary/aromatic N) is 1. The fourth-order valence-electron chi connectivity index (χ4n) is 7.01. The number of nitriles is 1. The molecule has 1 heteroatoms. The number of unbranched alkanes of at least 4 members (excludes halogenated alkanes) is 4. The zero-order valence-electron chi connectivity index (χ0n) is 20.3. The van der Waals surface area contributed by atoms with Crippen molar-refractivity contribution in [3.63, 3.8) is 0 Å². The van der Waals surface area contributed by atoms with Gasteiger partial charge in [0.15, 0.2) is 0 Å². The Labute approximate surface area is 188 Å². The number of hydrogen-bond acceptors (Lipinski definition) is 1. The standard InChI is InChI=1S/C29H49N/c1-3-5-7-9-24-11-15-26(16-12-24)27-19-21-29(23-30,22-20-27)28-17-13-25(14-18-28)10-8-6-4-2/h17,24-27H,3-16,18-22H2,1-2H3/t24?,25-,26?,27?,29?/m0/s1. The predicted octanol–water partition coefficient (Wildman–Crippen LogP) is 9.38. The third-order valence-corrected chi connectivity index (χ3v) is 9.22. The van der Waals surface area contributed by atoms with Gasteiger partial charge in [0.25, 0.3) is 0 Å². The monoisotopic (exact) mass is 411 g/mol. The van der Waals surface area contributed by atoms with E-state index in [0.717, 1.165) is 36.5 Å². The second kappa shape index (κ2) is 12.3. The molecule has 0 spiro atoms. The quantitative estimate of drug-likeness (QED) is 0.259. The Kier molecular flexibility index (Phi) is 9.80. The third kappa shape index (κ3) is 6.37. The van der Waals surface area contributed by atoms with Gasteiger partial charge >= 0.3 is 0 Å². The predicted molar refractivity (Wildman–Crippen MR) is 129 cm³/mol. The summed E-state index contributed by atoms with van der Waals surface area (Å²) >= 11 is 0. The minimum atomic E-state index is -0.0950. The first-order chi connectivity index (χ1) is 14.7. The lowest BCUT2D eigenvalue weighted by molar-refractivity contribution is 0.130. The van der Waals surface area contributed by atoms with Crippen LogP contribution in [0.2, 0.25) is 0 Å². The van der Waals surface area contributed by atoms with E-state index in [-0.39, 0.29) is 5.41 Å². The van der Waals surface area contributed by atoms with Crippen molar-refractivity contribution in [1.82, 2.24) is 0 Å². The zero-order chi connectivity index (χ0) is 21.2. The molecule has 3 aliphatic rings. The second-order valence-corrected chi connectivity index (χ2v) is 11.2. The molecule has 0 aromatic heterocycles. The van der Waals surface area contributed by atoms with E-state index >= 15 is 0 Å². The summed E-state index contributed by atoms with van der Waals surface area (Å²) < 4.78 is 0. The van der Waals surface area contributed by atoms with Gasteiger partial charge in [-0.2, -0.15) is 5.26 Å². The lowest BCUT2D eigenvalue weighted by atomic mass is 9.61. The van der Waals surface area contributed by atoms with Crippen LogP contribution in [0.5, 0.6) is 0 Å². The third-order valence-electron chi connectivity index (χ3n) is 9.22. The molecule has 3 aliphatic carbocycles. The van der Waals surface area contributed by atoms with Gasteiger partial charge in [-0.05, 0) is 81.5 Å². The van der Waals surface area contributed by atoms with Crippen molar-refractivity contribution in [2.75, 3.05) is 0 Å². The van der Waals surface area contributed by atoms with Crippen molar-refractivity contribution < 1.29 is 0 Å². The van der Waals surface area contributed by atoms with Crippen LogP contribution in [-0.4, -0.2) is 0 Å². The Morgan fingerprint density at radius 3 is 1.93 bits per heavy atom. The summed E-state index contributed by atoms with van der Waals surface area (Å²) in [6, 6.07) is 2.85. The largest absolute Gasteiger partial charge is 0.197 e. The van der Waals surface area contributed by atoms with Crippen LogP contribution in [0, 0.1) is 40.4 Å². The number of rotatable bonds is 10. The van der Waals surface area contributed by atoms with E-state index < -0.39 is 0 Å². The molecule has 2 fully saturated rings. The lowest BCUT2D eigenvalue weighted by Crippen LogP contribution is -2.33. The summed E-state index contributed by atoms with van der Waals surface area (Å²) in [6.45, 7) is 4.61. The Bertz CT molecular complexity index is 551. The molecule has 1 nitrogen and oxygen atoms in total. The molecule has 0 aromatic rings. The normalized spacial score (nSPS) is 34.9. The summed E-state index contributed by atoms with van der Waals surface area (Å²) in [5.74, 6) is 3.79. The highest BCUT2D eigenvalue weighted by Gasteiger charge is 2.41. The molecule has 0 saturated heterocycles. The highest BCUT2D eigenvalue weighted by atomic mass is 14.5. The summed E-state index contributed by atoms with van der Waals surface area (Å²) in [5.41, 5.74) is 1.44. The SMILES string of the molecule is CCCCCC1CCC(C2CCC(C#N)(C3=CC[C@H](CCCCC)CC3)CC2)CC1. The molecule has 3 rings (SSSR count). The molecule has 0 N–H and O–H groups in total. The van der Waals surface area contributed by atoms with Crippen LogP contribution in [0.3, 0.4) is 0 Å². The van der Waals surface area contributed by atoms with Gasteiger partial charge in [0.05, 0.1) is 11.5 Å². The summed E-state index contributed by atoms with van der Waals surface area (Å²) in [5, 5.41) is 10.2. The molecule has 0 heterocycles. The van der Waals surface area contributed by atoms with Crippen molar-refractivity contribution in [3.8, 4) is 6.07 Å². The van der Waals surface area contributed by atoms with Crippen molar-refractivity contribution in [2.45, 2.75) is 136 Å². The van der Waals surface area contributed by atoms with E-state index in [9.17, 15) is 5.26 Å².